The van der Waals surface area contributed by atoms with Crippen LogP contribution in [0.5, 0.6) is 5.75 Å². The molecule has 0 aliphatic heterocycles. The quantitative estimate of drug-likeness (QED) is 0.679. The fraction of sp³-hybridized carbons (Fsp3) is 0.300. The Hall–Kier alpha value is -1.02. The lowest BCUT2D eigenvalue weighted by atomic mass is 10.1. The average Bonchev–Trinajstić information content (AvgIpc) is 2.15. The van der Waals surface area contributed by atoms with Gasteiger partial charge in [-0.2, -0.15) is 0 Å². The van der Waals surface area contributed by atoms with Crippen LogP contribution >= 0.6 is 0 Å². The number of benzene rings is 1. The Morgan fingerprint density at radius 1 is 1.17 bits per heavy atom. The SMILES string of the molecule is CO[CH]Cc1ccc(OC)cc1. The van der Waals surface area contributed by atoms with Crippen molar-refractivity contribution in [3.8, 4) is 5.75 Å². The summed E-state index contributed by atoms with van der Waals surface area (Å²) >= 11 is 0. The summed E-state index contributed by atoms with van der Waals surface area (Å²) < 4.78 is 9.88. The minimum Gasteiger partial charge on any atom is -0.497 e. The van der Waals surface area contributed by atoms with E-state index >= 15 is 0 Å². The Labute approximate surface area is 73.1 Å². The van der Waals surface area contributed by atoms with Crippen molar-refractivity contribution in [1.29, 1.82) is 0 Å². The van der Waals surface area contributed by atoms with E-state index in [1.165, 1.54) is 5.56 Å². The van der Waals surface area contributed by atoms with Crippen molar-refractivity contribution in [2.24, 2.45) is 0 Å². The second kappa shape index (κ2) is 4.78. The van der Waals surface area contributed by atoms with Crippen LogP contribution in [0.3, 0.4) is 0 Å². The van der Waals surface area contributed by atoms with Gasteiger partial charge in [0.05, 0.1) is 13.7 Å². The maximum absolute atomic E-state index is 5.03. The van der Waals surface area contributed by atoms with E-state index in [2.05, 4.69) is 0 Å². The van der Waals surface area contributed by atoms with Crippen molar-refractivity contribution in [3.05, 3.63) is 36.4 Å². The third kappa shape index (κ3) is 2.55. The van der Waals surface area contributed by atoms with Crippen molar-refractivity contribution in [2.75, 3.05) is 14.2 Å². The molecule has 0 fully saturated rings. The zero-order valence-electron chi connectivity index (χ0n) is 7.41. The Balaban J connectivity index is 2.53. The summed E-state index contributed by atoms with van der Waals surface area (Å²) in [4.78, 5) is 0. The molecule has 0 bridgehead atoms. The molecule has 2 nitrogen and oxygen atoms in total. The standard InChI is InChI=1S/C10H13O2/c1-11-8-7-9-3-5-10(12-2)6-4-9/h3-6,8H,7H2,1-2H3. The van der Waals surface area contributed by atoms with Crippen LogP contribution in [0.1, 0.15) is 5.56 Å². The van der Waals surface area contributed by atoms with Crippen LogP contribution in [-0.4, -0.2) is 14.2 Å². The molecule has 12 heavy (non-hydrogen) atoms. The first kappa shape index (κ1) is 9.07. The molecule has 0 N–H and O–H groups in total. The van der Waals surface area contributed by atoms with E-state index in [1.54, 1.807) is 20.8 Å². The van der Waals surface area contributed by atoms with Gasteiger partial charge in [-0.25, -0.2) is 0 Å². The molecule has 0 spiro atoms. The zero-order chi connectivity index (χ0) is 8.81. The molecule has 1 aromatic carbocycles. The molecule has 0 aromatic heterocycles. The molecule has 65 valence electrons. The summed E-state index contributed by atoms with van der Waals surface area (Å²) in [6.45, 7) is 1.77. The summed E-state index contributed by atoms with van der Waals surface area (Å²) in [5, 5.41) is 0. The highest BCUT2D eigenvalue weighted by Crippen LogP contribution is 2.12. The number of rotatable bonds is 4. The van der Waals surface area contributed by atoms with Gasteiger partial charge in [-0.3, -0.25) is 0 Å². The molecular weight excluding hydrogens is 152 g/mol. The number of ether oxygens (including phenoxy) is 2. The Morgan fingerprint density at radius 2 is 1.83 bits per heavy atom. The molecule has 0 aliphatic carbocycles. The Bertz CT molecular complexity index is 216. The van der Waals surface area contributed by atoms with Gasteiger partial charge >= 0.3 is 0 Å². The third-order valence-electron chi connectivity index (χ3n) is 1.64. The molecular formula is C10H13O2. The molecule has 0 amide bonds. The lowest BCUT2D eigenvalue weighted by molar-refractivity contribution is 0.271. The molecule has 0 atom stereocenters. The molecule has 2 heteroatoms. The van der Waals surface area contributed by atoms with E-state index in [-0.39, 0.29) is 0 Å². The highest BCUT2D eigenvalue weighted by molar-refractivity contribution is 5.27. The normalized spacial score (nSPS) is 9.83. The van der Waals surface area contributed by atoms with Gasteiger partial charge in [-0.1, -0.05) is 12.1 Å². The molecule has 1 aromatic rings. The fourth-order valence-corrected chi connectivity index (χ4v) is 0.941. The molecule has 0 unspecified atom stereocenters. The predicted molar refractivity (Wildman–Crippen MR) is 48.0 cm³/mol. The minimum atomic E-state index is 0.834. The largest absolute Gasteiger partial charge is 0.497 e. The monoisotopic (exact) mass is 165 g/mol. The van der Waals surface area contributed by atoms with Gasteiger partial charge < -0.3 is 9.47 Å². The van der Waals surface area contributed by atoms with Crippen molar-refractivity contribution >= 4 is 0 Å². The van der Waals surface area contributed by atoms with Crippen molar-refractivity contribution in [3.63, 3.8) is 0 Å². The lowest BCUT2D eigenvalue weighted by Crippen LogP contribution is -1.88. The molecule has 0 saturated heterocycles. The number of methoxy groups -OCH3 is 2. The first-order valence-electron chi connectivity index (χ1n) is 3.84. The van der Waals surface area contributed by atoms with Gasteiger partial charge in [-0.05, 0) is 17.7 Å². The Morgan fingerprint density at radius 3 is 2.33 bits per heavy atom. The summed E-state index contributed by atoms with van der Waals surface area (Å²) in [7, 11) is 3.32. The summed E-state index contributed by atoms with van der Waals surface area (Å²) in [5.74, 6) is 0.885. The summed E-state index contributed by atoms with van der Waals surface area (Å²) in [6.07, 6.45) is 0.834. The van der Waals surface area contributed by atoms with Gasteiger partial charge in [0, 0.05) is 13.5 Å². The maximum Gasteiger partial charge on any atom is 0.118 e. The molecule has 1 rings (SSSR count). The summed E-state index contributed by atoms with van der Waals surface area (Å²) in [6, 6.07) is 7.93. The molecule has 0 saturated carbocycles. The van der Waals surface area contributed by atoms with Crippen molar-refractivity contribution in [2.45, 2.75) is 6.42 Å². The van der Waals surface area contributed by atoms with E-state index in [4.69, 9.17) is 9.47 Å². The minimum absolute atomic E-state index is 0.834. The second-order valence-electron chi connectivity index (χ2n) is 2.45. The van der Waals surface area contributed by atoms with Crippen molar-refractivity contribution < 1.29 is 9.47 Å². The van der Waals surface area contributed by atoms with Crippen LogP contribution < -0.4 is 4.74 Å². The number of hydrogen-bond acceptors (Lipinski definition) is 2. The number of hydrogen-bond donors (Lipinski definition) is 0. The van der Waals surface area contributed by atoms with Crippen LogP contribution in [0.15, 0.2) is 24.3 Å². The van der Waals surface area contributed by atoms with E-state index < -0.39 is 0 Å². The summed E-state index contributed by atoms with van der Waals surface area (Å²) in [5.41, 5.74) is 1.22. The predicted octanol–water partition coefficient (Wildman–Crippen LogP) is 2.05. The van der Waals surface area contributed by atoms with E-state index in [0.29, 0.717) is 0 Å². The van der Waals surface area contributed by atoms with Crippen LogP contribution in [0.2, 0.25) is 0 Å². The van der Waals surface area contributed by atoms with Gasteiger partial charge in [0.2, 0.25) is 0 Å². The second-order valence-corrected chi connectivity index (χ2v) is 2.45. The van der Waals surface area contributed by atoms with Gasteiger partial charge in [0.25, 0.3) is 0 Å². The fourth-order valence-electron chi connectivity index (χ4n) is 0.941. The van der Waals surface area contributed by atoms with Crippen LogP contribution in [0.4, 0.5) is 0 Å². The lowest BCUT2D eigenvalue weighted by Gasteiger charge is -2.01. The van der Waals surface area contributed by atoms with E-state index in [0.717, 1.165) is 12.2 Å². The highest BCUT2D eigenvalue weighted by atomic mass is 16.5. The Kier molecular flexibility index (Phi) is 3.61. The van der Waals surface area contributed by atoms with Gasteiger partial charge in [0.1, 0.15) is 5.75 Å². The first-order valence-corrected chi connectivity index (χ1v) is 3.84. The molecule has 0 heterocycles. The van der Waals surface area contributed by atoms with Crippen LogP contribution in [0, 0.1) is 6.61 Å². The van der Waals surface area contributed by atoms with Gasteiger partial charge in [-0.15, -0.1) is 0 Å². The maximum atomic E-state index is 5.03. The van der Waals surface area contributed by atoms with Crippen LogP contribution in [0.25, 0.3) is 0 Å². The first-order chi connectivity index (χ1) is 5.86. The molecule has 1 radical (unpaired) electrons. The third-order valence-corrected chi connectivity index (χ3v) is 1.64. The smallest absolute Gasteiger partial charge is 0.118 e. The molecule has 0 aliphatic rings. The van der Waals surface area contributed by atoms with E-state index in [9.17, 15) is 0 Å². The highest BCUT2D eigenvalue weighted by Gasteiger charge is 1.93. The zero-order valence-corrected chi connectivity index (χ0v) is 7.41. The van der Waals surface area contributed by atoms with Crippen molar-refractivity contribution in [1.82, 2.24) is 0 Å². The average molecular weight is 165 g/mol. The van der Waals surface area contributed by atoms with Crippen LogP contribution in [-0.2, 0) is 11.2 Å². The van der Waals surface area contributed by atoms with E-state index in [1.807, 2.05) is 24.3 Å². The van der Waals surface area contributed by atoms with Gasteiger partial charge in [0.15, 0.2) is 0 Å². The topological polar surface area (TPSA) is 18.5 Å².